The summed E-state index contributed by atoms with van der Waals surface area (Å²) in [7, 11) is 0. The Bertz CT molecular complexity index is 317. The highest BCUT2D eigenvalue weighted by molar-refractivity contribution is 6.42. The molecule has 0 saturated carbocycles. The van der Waals surface area contributed by atoms with Gasteiger partial charge in [-0.1, -0.05) is 36.2 Å². The van der Waals surface area contributed by atoms with E-state index in [4.69, 9.17) is 28.9 Å². The molecule has 2 nitrogen and oxygen atoms in total. The van der Waals surface area contributed by atoms with Gasteiger partial charge in [-0.25, -0.2) is 0 Å². The van der Waals surface area contributed by atoms with Gasteiger partial charge in [0.2, 0.25) is 0 Å². The van der Waals surface area contributed by atoms with Gasteiger partial charge in [0.25, 0.3) is 0 Å². The molecule has 0 bridgehead atoms. The van der Waals surface area contributed by atoms with Crippen LogP contribution in [0.4, 0.5) is 0 Å². The maximum atomic E-state index is 9.78. The number of hydrogen-bond acceptors (Lipinski definition) is 2. The average Bonchev–Trinajstić information content (AvgIpc) is 2.20. The Balaban J connectivity index is 2.91. The van der Waals surface area contributed by atoms with Crippen LogP contribution in [0.3, 0.4) is 0 Å². The van der Waals surface area contributed by atoms with Crippen molar-refractivity contribution in [2.45, 2.75) is 25.5 Å². The van der Waals surface area contributed by atoms with E-state index in [-0.39, 0.29) is 6.04 Å². The van der Waals surface area contributed by atoms with E-state index in [2.05, 4.69) is 0 Å². The summed E-state index contributed by atoms with van der Waals surface area (Å²) < 4.78 is 0. The molecule has 0 saturated heterocycles. The predicted octanol–water partition coefficient (Wildman–Crippen LogP) is 2.76. The van der Waals surface area contributed by atoms with Crippen LogP contribution in [0.15, 0.2) is 18.2 Å². The largest absolute Gasteiger partial charge is 0.387 e. The molecule has 0 aliphatic carbocycles. The molecule has 1 aromatic rings. The van der Waals surface area contributed by atoms with Gasteiger partial charge in [0, 0.05) is 6.04 Å². The van der Waals surface area contributed by atoms with Crippen molar-refractivity contribution in [2.24, 2.45) is 5.73 Å². The third-order valence-electron chi connectivity index (χ3n) is 2.16. The van der Waals surface area contributed by atoms with Crippen LogP contribution in [-0.4, -0.2) is 11.1 Å². The maximum absolute atomic E-state index is 9.78. The van der Waals surface area contributed by atoms with E-state index in [1.807, 2.05) is 6.92 Å². The molecule has 0 radical (unpaired) electrons. The molecule has 0 heterocycles. The first-order valence-electron chi connectivity index (χ1n) is 4.44. The monoisotopic (exact) mass is 233 g/mol. The standard InChI is InChI=1S/C10H13Cl2NO/c1-2-9(13)10(14)6-3-4-7(11)8(12)5-6/h3-5,9-10,14H,2,13H2,1H3. The normalized spacial score (nSPS) is 15.2. The number of aliphatic hydroxyl groups excluding tert-OH is 1. The number of hydrogen-bond donors (Lipinski definition) is 2. The highest BCUT2D eigenvalue weighted by Gasteiger charge is 2.15. The molecule has 4 heteroatoms. The van der Waals surface area contributed by atoms with Gasteiger partial charge in [-0.15, -0.1) is 0 Å². The average molecular weight is 234 g/mol. The zero-order valence-electron chi connectivity index (χ0n) is 7.87. The van der Waals surface area contributed by atoms with E-state index in [0.29, 0.717) is 22.0 Å². The third kappa shape index (κ3) is 2.61. The number of aliphatic hydroxyl groups is 1. The molecule has 0 aliphatic rings. The molecular weight excluding hydrogens is 221 g/mol. The molecule has 3 N–H and O–H groups in total. The van der Waals surface area contributed by atoms with E-state index < -0.39 is 6.10 Å². The minimum atomic E-state index is -0.685. The van der Waals surface area contributed by atoms with Gasteiger partial charge in [0.05, 0.1) is 16.1 Å². The minimum Gasteiger partial charge on any atom is -0.387 e. The molecule has 0 aliphatic heterocycles. The predicted molar refractivity (Wildman–Crippen MR) is 59.7 cm³/mol. The summed E-state index contributed by atoms with van der Waals surface area (Å²) in [5, 5.41) is 10.7. The molecule has 0 amide bonds. The van der Waals surface area contributed by atoms with Crippen LogP contribution in [-0.2, 0) is 0 Å². The van der Waals surface area contributed by atoms with Gasteiger partial charge in [-0.3, -0.25) is 0 Å². The van der Waals surface area contributed by atoms with Crippen molar-refractivity contribution in [3.63, 3.8) is 0 Å². The summed E-state index contributed by atoms with van der Waals surface area (Å²) in [6.07, 6.45) is 0.0243. The summed E-state index contributed by atoms with van der Waals surface area (Å²) in [6, 6.07) is 4.76. The van der Waals surface area contributed by atoms with Crippen LogP contribution < -0.4 is 5.73 Å². The number of benzene rings is 1. The van der Waals surface area contributed by atoms with Crippen molar-refractivity contribution in [1.29, 1.82) is 0 Å². The lowest BCUT2D eigenvalue weighted by Crippen LogP contribution is -2.27. The van der Waals surface area contributed by atoms with Crippen LogP contribution in [0, 0.1) is 0 Å². The fourth-order valence-electron chi connectivity index (χ4n) is 1.17. The topological polar surface area (TPSA) is 46.2 Å². The van der Waals surface area contributed by atoms with E-state index in [1.165, 1.54) is 0 Å². The Morgan fingerprint density at radius 2 is 2.00 bits per heavy atom. The smallest absolute Gasteiger partial charge is 0.0941 e. The molecule has 14 heavy (non-hydrogen) atoms. The first kappa shape index (κ1) is 11.8. The minimum absolute atomic E-state index is 0.271. The quantitative estimate of drug-likeness (QED) is 0.844. The second-order valence-corrected chi connectivity index (χ2v) is 4.00. The zero-order valence-corrected chi connectivity index (χ0v) is 9.39. The van der Waals surface area contributed by atoms with Gasteiger partial charge in [-0.2, -0.15) is 0 Å². The molecule has 1 rings (SSSR count). The van der Waals surface area contributed by atoms with E-state index in [1.54, 1.807) is 18.2 Å². The molecule has 1 aromatic carbocycles. The molecule has 0 aromatic heterocycles. The first-order valence-corrected chi connectivity index (χ1v) is 5.20. The van der Waals surface area contributed by atoms with Gasteiger partial charge < -0.3 is 10.8 Å². The second-order valence-electron chi connectivity index (χ2n) is 3.19. The Labute approximate surface area is 93.6 Å². The van der Waals surface area contributed by atoms with Crippen molar-refractivity contribution in [2.75, 3.05) is 0 Å². The molecule has 0 spiro atoms. The fraction of sp³-hybridized carbons (Fsp3) is 0.400. The van der Waals surface area contributed by atoms with E-state index in [0.717, 1.165) is 0 Å². The van der Waals surface area contributed by atoms with Crippen molar-refractivity contribution in [1.82, 2.24) is 0 Å². The van der Waals surface area contributed by atoms with Gasteiger partial charge >= 0.3 is 0 Å². The summed E-state index contributed by atoms with van der Waals surface area (Å²) in [4.78, 5) is 0. The lowest BCUT2D eigenvalue weighted by molar-refractivity contribution is 0.144. The van der Waals surface area contributed by atoms with Crippen LogP contribution in [0.5, 0.6) is 0 Å². The molecule has 2 atom stereocenters. The van der Waals surface area contributed by atoms with Crippen molar-refractivity contribution in [3.8, 4) is 0 Å². The summed E-state index contributed by atoms with van der Waals surface area (Å²) in [6.45, 7) is 1.92. The second kappa shape index (κ2) is 4.99. The Morgan fingerprint density at radius 1 is 1.36 bits per heavy atom. The first-order chi connectivity index (χ1) is 6.56. The SMILES string of the molecule is CCC(N)C(O)c1ccc(Cl)c(Cl)c1. The number of rotatable bonds is 3. The fourth-order valence-corrected chi connectivity index (χ4v) is 1.47. The lowest BCUT2D eigenvalue weighted by atomic mass is 10.0. The van der Waals surface area contributed by atoms with Crippen LogP contribution >= 0.6 is 23.2 Å². The highest BCUT2D eigenvalue weighted by Crippen LogP contribution is 2.26. The maximum Gasteiger partial charge on any atom is 0.0941 e. The highest BCUT2D eigenvalue weighted by atomic mass is 35.5. The molecular formula is C10H13Cl2NO. The Kier molecular flexibility index (Phi) is 4.20. The molecule has 78 valence electrons. The van der Waals surface area contributed by atoms with E-state index >= 15 is 0 Å². The number of nitrogens with two attached hydrogens (primary N) is 1. The van der Waals surface area contributed by atoms with Gasteiger partial charge in [-0.05, 0) is 24.1 Å². The van der Waals surface area contributed by atoms with Gasteiger partial charge in [0.15, 0.2) is 0 Å². The van der Waals surface area contributed by atoms with Crippen molar-refractivity contribution >= 4 is 23.2 Å². The Morgan fingerprint density at radius 3 is 2.50 bits per heavy atom. The summed E-state index contributed by atoms with van der Waals surface area (Å²) >= 11 is 11.6. The zero-order chi connectivity index (χ0) is 10.7. The van der Waals surface area contributed by atoms with Gasteiger partial charge in [0.1, 0.15) is 0 Å². The number of halogens is 2. The van der Waals surface area contributed by atoms with Crippen LogP contribution in [0.1, 0.15) is 25.0 Å². The van der Waals surface area contributed by atoms with Crippen molar-refractivity contribution < 1.29 is 5.11 Å². The molecule has 2 unspecified atom stereocenters. The van der Waals surface area contributed by atoms with E-state index in [9.17, 15) is 5.11 Å². The van der Waals surface area contributed by atoms with Crippen LogP contribution in [0.2, 0.25) is 10.0 Å². The van der Waals surface area contributed by atoms with Crippen LogP contribution in [0.25, 0.3) is 0 Å². The lowest BCUT2D eigenvalue weighted by Gasteiger charge is -2.17. The Hall–Kier alpha value is -0.280. The third-order valence-corrected chi connectivity index (χ3v) is 2.90. The summed E-state index contributed by atoms with van der Waals surface area (Å²) in [5.41, 5.74) is 6.41. The molecule has 0 fully saturated rings. The summed E-state index contributed by atoms with van der Waals surface area (Å²) in [5.74, 6) is 0. The van der Waals surface area contributed by atoms with Crippen molar-refractivity contribution in [3.05, 3.63) is 33.8 Å².